The minimum Gasteiger partial charge on any atom is -0.491 e. The van der Waals surface area contributed by atoms with E-state index in [2.05, 4.69) is 20.6 Å². The molecule has 2 aromatic heterocycles. The lowest BCUT2D eigenvalue weighted by molar-refractivity contribution is -0.136. The monoisotopic (exact) mass is 501 g/mol. The standard InChI is InChI=1S/C25H26F3N5O3/c26-25(27,28)17-13-29-23-21(17)19(30-14-3-4-14)12-20(32-23)31-18-6-5-16(15-2-1-9-36-22(15)18)24(34)33-7-10-35-11-8-33/h5-6,12-14H,1-4,7-11H2,(H3,29,30,31,32). The lowest BCUT2D eigenvalue weighted by Crippen LogP contribution is -2.41. The molecule has 36 heavy (non-hydrogen) atoms. The summed E-state index contributed by atoms with van der Waals surface area (Å²) in [7, 11) is 0. The number of alkyl halides is 3. The van der Waals surface area contributed by atoms with Crippen molar-refractivity contribution in [2.24, 2.45) is 0 Å². The third kappa shape index (κ3) is 4.32. The first-order chi connectivity index (χ1) is 17.4. The number of hydrogen-bond donors (Lipinski definition) is 3. The summed E-state index contributed by atoms with van der Waals surface area (Å²) in [5.41, 5.74) is 1.84. The Morgan fingerprint density at radius 2 is 1.94 bits per heavy atom. The fourth-order valence-electron chi connectivity index (χ4n) is 4.82. The molecule has 0 unspecified atom stereocenters. The highest BCUT2D eigenvalue weighted by atomic mass is 19.4. The van der Waals surface area contributed by atoms with Crippen LogP contribution in [0.4, 0.5) is 30.4 Å². The predicted molar refractivity (Wildman–Crippen MR) is 128 cm³/mol. The summed E-state index contributed by atoms with van der Waals surface area (Å²) < 4.78 is 52.2. The van der Waals surface area contributed by atoms with E-state index < -0.39 is 11.7 Å². The number of halogens is 3. The maximum atomic E-state index is 13.6. The van der Waals surface area contributed by atoms with Crippen molar-refractivity contribution in [2.45, 2.75) is 37.9 Å². The number of nitrogens with one attached hydrogen (secondary N) is 3. The van der Waals surface area contributed by atoms with E-state index in [4.69, 9.17) is 9.47 Å². The van der Waals surface area contributed by atoms with Crippen LogP contribution in [0.25, 0.3) is 11.0 Å². The van der Waals surface area contributed by atoms with Crippen molar-refractivity contribution in [1.82, 2.24) is 14.9 Å². The van der Waals surface area contributed by atoms with Gasteiger partial charge in [-0.3, -0.25) is 4.79 Å². The van der Waals surface area contributed by atoms with Crippen LogP contribution in [0.5, 0.6) is 5.75 Å². The molecule has 2 aliphatic heterocycles. The molecular formula is C25H26F3N5O3. The molecule has 1 aliphatic carbocycles. The lowest BCUT2D eigenvalue weighted by Gasteiger charge is -2.29. The summed E-state index contributed by atoms with van der Waals surface area (Å²) >= 11 is 0. The third-order valence-electron chi connectivity index (χ3n) is 6.75. The topological polar surface area (TPSA) is 91.5 Å². The van der Waals surface area contributed by atoms with Gasteiger partial charge in [-0.2, -0.15) is 13.2 Å². The number of ether oxygens (including phenoxy) is 2. The highest BCUT2D eigenvalue weighted by Crippen LogP contribution is 2.42. The van der Waals surface area contributed by atoms with Gasteiger partial charge in [-0.05, 0) is 37.8 Å². The quantitative estimate of drug-likeness (QED) is 0.470. The average molecular weight is 502 g/mol. The summed E-state index contributed by atoms with van der Waals surface area (Å²) in [5, 5.41) is 6.48. The number of benzene rings is 1. The number of morpholine rings is 1. The van der Waals surface area contributed by atoms with E-state index in [1.54, 1.807) is 23.1 Å². The Bertz CT molecular complexity index is 1310. The van der Waals surface area contributed by atoms with Gasteiger partial charge < -0.3 is 30.0 Å². The number of H-pyrrole nitrogens is 1. The van der Waals surface area contributed by atoms with Crippen molar-refractivity contribution in [2.75, 3.05) is 43.5 Å². The van der Waals surface area contributed by atoms with Crippen LogP contribution in [-0.2, 0) is 17.3 Å². The number of hydrogen-bond acceptors (Lipinski definition) is 6. The second kappa shape index (κ2) is 8.88. The minimum atomic E-state index is -4.50. The zero-order valence-electron chi connectivity index (χ0n) is 19.5. The Kier molecular flexibility index (Phi) is 5.66. The summed E-state index contributed by atoms with van der Waals surface area (Å²) in [5.74, 6) is 0.916. The van der Waals surface area contributed by atoms with Gasteiger partial charge in [0.2, 0.25) is 0 Å². The van der Waals surface area contributed by atoms with Crippen LogP contribution in [0.15, 0.2) is 24.4 Å². The first-order valence-electron chi connectivity index (χ1n) is 12.2. The molecule has 4 heterocycles. The number of anilines is 3. The fourth-order valence-corrected chi connectivity index (χ4v) is 4.82. The molecule has 3 aliphatic rings. The van der Waals surface area contributed by atoms with Crippen molar-refractivity contribution in [3.05, 3.63) is 41.1 Å². The number of fused-ring (bicyclic) bond motifs is 2. The Labute approximate surface area is 205 Å². The molecule has 0 radical (unpaired) electrons. The van der Waals surface area contributed by atoms with Crippen LogP contribution in [-0.4, -0.2) is 59.7 Å². The number of aromatic amines is 1. The summed E-state index contributed by atoms with van der Waals surface area (Å²) in [6.45, 7) is 2.65. The summed E-state index contributed by atoms with van der Waals surface area (Å²) in [4.78, 5) is 22.1. The first-order valence-corrected chi connectivity index (χ1v) is 12.2. The van der Waals surface area contributed by atoms with Crippen molar-refractivity contribution >= 4 is 34.1 Å². The molecule has 1 saturated carbocycles. The molecule has 3 N–H and O–H groups in total. The second-order valence-electron chi connectivity index (χ2n) is 9.35. The number of rotatable bonds is 5. The number of aromatic nitrogens is 2. The third-order valence-corrected chi connectivity index (χ3v) is 6.75. The molecule has 6 rings (SSSR count). The average Bonchev–Trinajstić information content (AvgIpc) is 3.58. The zero-order chi connectivity index (χ0) is 24.9. The van der Waals surface area contributed by atoms with E-state index in [-0.39, 0.29) is 23.0 Å². The van der Waals surface area contributed by atoms with Crippen LogP contribution < -0.4 is 15.4 Å². The summed E-state index contributed by atoms with van der Waals surface area (Å²) in [6, 6.07) is 5.31. The van der Waals surface area contributed by atoms with Crippen molar-refractivity contribution in [3.8, 4) is 5.75 Å². The van der Waals surface area contributed by atoms with Gasteiger partial charge >= 0.3 is 6.18 Å². The predicted octanol–water partition coefficient (Wildman–Crippen LogP) is 4.70. The highest BCUT2D eigenvalue weighted by molar-refractivity contribution is 5.98. The zero-order valence-corrected chi connectivity index (χ0v) is 19.5. The number of pyridine rings is 1. The molecule has 3 aromatic rings. The largest absolute Gasteiger partial charge is 0.491 e. The normalized spacial score (nSPS) is 18.0. The van der Waals surface area contributed by atoms with E-state index in [1.807, 2.05) is 0 Å². The van der Waals surface area contributed by atoms with E-state index in [0.717, 1.165) is 31.0 Å². The van der Waals surface area contributed by atoms with E-state index in [0.29, 0.717) is 67.8 Å². The van der Waals surface area contributed by atoms with Crippen molar-refractivity contribution < 1.29 is 27.4 Å². The molecule has 0 bridgehead atoms. The lowest BCUT2D eigenvalue weighted by atomic mass is 9.97. The number of carbonyl (C=O) groups excluding carboxylic acids is 1. The fraction of sp³-hybridized carbons (Fsp3) is 0.440. The number of nitrogens with zero attached hydrogens (tertiary/aromatic N) is 2. The maximum absolute atomic E-state index is 13.6. The van der Waals surface area contributed by atoms with Gasteiger partial charge in [0.15, 0.2) is 0 Å². The van der Waals surface area contributed by atoms with Gasteiger partial charge in [-0.1, -0.05) is 0 Å². The molecule has 190 valence electrons. The van der Waals surface area contributed by atoms with Crippen LogP contribution >= 0.6 is 0 Å². The van der Waals surface area contributed by atoms with Gasteiger partial charge in [-0.25, -0.2) is 4.98 Å². The second-order valence-corrected chi connectivity index (χ2v) is 9.35. The van der Waals surface area contributed by atoms with Gasteiger partial charge in [0.25, 0.3) is 5.91 Å². The summed E-state index contributed by atoms with van der Waals surface area (Å²) in [6.07, 6.45) is -0.219. The van der Waals surface area contributed by atoms with Crippen LogP contribution in [0.3, 0.4) is 0 Å². The minimum absolute atomic E-state index is 0.0321. The molecule has 11 heteroatoms. The van der Waals surface area contributed by atoms with E-state index >= 15 is 0 Å². The molecule has 2 fully saturated rings. The van der Waals surface area contributed by atoms with E-state index in [1.165, 1.54) is 0 Å². The van der Waals surface area contributed by atoms with Crippen molar-refractivity contribution in [3.63, 3.8) is 0 Å². The van der Waals surface area contributed by atoms with Gasteiger partial charge in [0.05, 0.1) is 36.5 Å². The molecule has 0 spiro atoms. The van der Waals surface area contributed by atoms with Crippen LogP contribution in [0, 0.1) is 0 Å². The van der Waals surface area contributed by atoms with Crippen molar-refractivity contribution in [1.29, 1.82) is 0 Å². The first kappa shape index (κ1) is 23.0. The molecule has 1 aromatic carbocycles. The molecule has 1 saturated heterocycles. The van der Waals surface area contributed by atoms with Gasteiger partial charge in [0.1, 0.15) is 17.2 Å². The molecule has 8 nitrogen and oxygen atoms in total. The molecular weight excluding hydrogens is 475 g/mol. The smallest absolute Gasteiger partial charge is 0.418 e. The van der Waals surface area contributed by atoms with Gasteiger partial charge in [-0.15, -0.1) is 0 Å². The maximum Gasteiger partial charge on any atom is 0.418 e. The Morgan fingerprint density at radius 3 is 2.69 bits per heavy atom. The Hall–Kier alpha value is -3.47. The Balaban J connectivity index is 1.36. The van der Waals surface area contributed by atoms with E-state index in [9.17, 15) is 18.0 Å². The van der Waals surface area contributed by atoms with Crippen LogP contribution in [0.2, 0.25) is 0 Å². The Morgan fingerprint density at radius 1 is 1.14 bits per heavy atom. The van der Waals surface area contributed by atoms with Gasteiger partial charge in [0, 0.05) is 48.2 Å². The number of amides is 1. The van der Waals surface area contributed by atoms with Crippen LogP contribution in [0.1, 0.15) is 40.7 Å². The number of carbonyl (C=O) groups is 1. The highest BCUT2D eigenvalue weighted by Gasteiger charge is 2.36. The SMILES string of the molecule is O=C(c1ccc(Nc2cc(NC3CC3)c3c(C(F)(F)F)c[nH]c3n2)c2c1CCCO2)N1CCOCC1. The molecule has 0 atom stereocenters. The molecule has 1 amide bonds.